The fourth-order valence-corrected chi connectivity index (χ4v) is 4.78. The number of nitrogens with one attached hydrogen (secondary N) is 1. The van der Waals surface area contributed by atoms with Crippen LogP contribution in [-0.4, -0.2) is 57.8 Å². The molecule has 0 aromatic heterocycles. The number of hydrogen-bond acceptors (Lipinski definition) is 4. The van der Waals surface area contributed by atoms with Gasteiger partial charge in [0.05, 0.1) is 31.1 Å². The first-order chi connectivity index (χ1) is 13.4. The minimum Gasteiger partial charge on any atom is -0.488 e. The highest BCUT2D eigenvalue weighted by Gasteiger charge is 2.30. The largest absolute Gasteiger partial charge is 0.488 e. The van der Waals surface area contributed by atoms with Crippen molar-refractivity contribution < 1.29 is 22.8 Å². The van der Waals surface area contributed by atoms with Crippen molar-refractivity contribution in [3.63, 3.8) is 0 Å². The summed E-state index contributed by atoms with van der Waals surface area (Å²) in [6.45, 7) is 5.12. The lowest BCUT2D eigenvalue weighted by Gasteiger charge is -2.31. The minimum atomic E-state index is -3.59. The highest BCUT2D eigenvalue weighted by atomic mass is 35.5. The van der Waals surface area contributed by atoms with Crippen LogP contribution >= 0.6 is 11.6 Å². The molecule has 28 heavy (non-hydrogen) atoms. The molecule has 6 nitrogen and oxygen atoms in total. The quantitative estimate of drug-likeness (QED) is 0.685. The van der Waals surface area contributed by atoms with Crippen LogP contribution in [0.15, 0.2) is 53.4 Å². The molecule has 1 fully saturated rings. The summed E-state index contributed by atoms with van der Waals surface area (Å²) < 4.78 is 32.9. The van der Waals surface area contributed by atoms with Crippen LogP contribution in [0.4, 0.5) is 0 Å². The molecule has 3 rings (SSSR count). The van der Waals surface area contributed by atoms with E-state index in [0.29, 0.717) is 30.3 Å². The molecular weight excluding hydrogens is 400 g/mol. The summed E-state index contributed by atoms with van der Waals surface area (Å²) >= 11 is 5.86. The molecule has 1 heterocycles. The predicted octanol–water partition coefficient (Wildman–Crippen LogP) is 1.51. The van der Waals surface area contributed by atoms with Crippen LogP contribution in [0.2, 0.25) is 5.02 Å². The van der Waals surface area contributed by atoms with E-state index in [9.17, 15) is 13.2 Å². The van der Waals surface area contributed by atoms with E-state index in [4.69, 9.17) is 16.3 Å². The van der Waals surface area contributed by atoms with Gasteiger partial charge in [-0.2, -0.15) is 4.31 Å². The van der Waals surface area contributed by atoms with E-state index in [1.165, 1.54) is 22.2 Å². The monoisotopic (exact) mass is 423 g/mol. The molecule has 0 aliphatic carbocycles. The molecule has 1 N–H and O–H groups in total. The number of sulfonamides is 1. The van der Waals surface area contributed by atoms with Gasteiger partial charge in [-0.1, -0.05) is 23.7 Å². The zero-order valence-electron chi connectivity index (χ0n) is 15.7. The first-order valence-corrected chi connectivity index (χ1v) is 11.0. The molecule has 0 spiro atoms. The zero-order valence-corrected chi connectivity index (χ0v) is 17.3. The Balaban J connectivity index is 1.52. The van der Waals surface area contributed by atoms with E-state index in [1.807, 2.05) is 12.1 Å². The van der Waals surface area contributed by atoms with Gasteiger partial charge >= 0.3 is 0 Å². The maximum atomic E-state index is 12.9. The Labute approximate surface area is 170 Å². The smallest absolute Gasteiger partial charge is 0.243 e. The Bertz CT molecular complexity index is 923. The molecule has 0 amide bonds. The number of ether oxygens (including phenoxy) is 1. The van der Waals surface area contributed by atoms with Crippen molar-refractivity contribution in [3.05, 3.63) is 59.1 Å². The lowest BCUT2D eigenvalue weighted by molar-refractivity contribution is -0.903. The number of nitrogens with zero attached hydrogens (tertiary/aromatic N) is 1. The van der Waals surface area contributed by atoms with Crippen LogP contribution in [-0.2, 0) is 10.0 Å². The second-order valence-corrected chi connectivity index (χ2v) is 9.16. The van der Waals surface area contributed by atoms with Gasteiger partial charge in [0, 0.05) is 10.6 Å². The fourth-order valence-electron chi connectivity index (χ4n) is 3.16. The lowest BCUT2D eigenvalue weighted by Crippen LogP contribution is -3.15. The van der Waals surface area contributed by atoms with Gasteiger partial charge in [-0.05, 0) is 43.3 Å². The van der Waals surface area contributed by atoms with Crippen molar-refractivity contribution in [2.75, 3.05) is 39.3 Å². The summed E-state index contributed by atoms with van der Waals surface area (Å²) in [7, 11) is -3.59. The van der Waals surface area contributed by atoms with Gasteiger partial charge in [-0.15, -0.1) is 0 Å². The molecule has 1 aliphatic rings. The second kappa shape index (κ2) is 9.05. The Morgan fingerprint density at radius 3 is 2.46 bits per heavy atom. The summed E-state index contributed by atoms with van der Waals surface area (Å²) in [5.74, 6) is 0.627. The minimum absolute atomic E-state index is 0.146. The van der Waals surface area contributed by atoms with Gasteiger partial charge in [0.15, 0.2) is 5.78 Å². The maximum absolute atomic E-state index is 12.9. The van der Waals surface area contributed by atoms with Crippen molar-refractivity contribution in [3.8, 4) is 5.75 Å². The number of piperazine rings is 1. The average Bonchev–Trinajstić information content (AvgIpc) is 2.70. The summed E-state index contributed by atoms with van der Waals surface area (Å²) in [4.78, 5) is 13.0. The molecule has 0 saturated carbocycles. The number of halogens is 1. The Kier molecular flexibility index (Phi) is 6.72. The van der Waals surface area contributed by atoms with Crippen LogP contribution in [0.3, 0.4) is 0 Å². The first-order valence-electron chi connectivity index (χ1n) is 9.19. The third-order valence-corrected chi connectivity index (χ3v) is 6.99. The average molecular weight is 424 g/mol. The zero-order chi connectivity index (χ0) is 20.1. The number of benzene rings is 2. The van der Waals surface area contributed by atoms with Crippen molar-refractivity contribution in [1.29, 1.82) is 0 Å². The van der Waals surface area contributed by atoms with Gasteiger partial charge in [0.1, 0.15) is 18.9 Å². The molecule has 2 aromatic carbocycles. The van der Waals surface area contributed by atoms with Crippen molar-refractivity contribution in [2.45, 2.75) is 11.8 Å². The number of rotatable bonds is 7. The Morgan fingerprint density at radius 2 is 1.82 bits per heavy atom. The predicted molar refractivity (Wildman–Crippen MR) is 108 cm³/mol. The Morgan fingerprint density at radius 1 is 1.14 bits per heavy atom. The third kappa shape index (κ3) is 5.11. The van der Waals surface area contributed by atoms with Crippen LogP contribution in [0.5, 0.6) is 5.75 Å². The molecule has 2 aromatic rings. The summed E-state index contributed by atoms with van der Waals surface area (Å²) in [6.07, 6.45) is 0. The van der Waals surface area contributed by atoms with E-state index in [1.54, 1.807) is 30.3 Å². The number of ketones is 1. The molecule has 0 atom stereocenters. The van der Waals surface area contributed by atoms with Gasteiger partial charge < -0.3 is 9.64 Å². The molecule has 1 saturated heterocycles. The topological polar surface area (TPSA) is 68.1 Å². The molecule has 8 heteroatoms. The second-order valence-electron chi connectivity index (χ2n) is 6.79. The standard InChI is InChI=1S/C20H23ClN2O4S/c1-16(24)17-3-2-4-20(15-17)28(25,26)23-11-9-22(10-12-23)13-14-27-19-7-5-18(21)6-8-19/h2-8,15H,9-14H2,1H3/p+1. The van der Waals surface area contributed by atoms with Gasteiger partial charge in [0.25, 0.3) is 0 Å². The van der Waals surface area contributed by atoms with Crippen LogP contribution in [0, 0.1) is 0 Å². The Hall–Kier alpha value is -1.93. The van der Waals surface area contributed by atoms with Crippen LogP contribution in [0.25, 0.3) is 0 Å². The summed E-state index contributed by atoms with van der Waals surface area (Å²) in [5.41, 5.74) is 0.407. The van der Waals surface area contributed by atoms with E-state index in [0.717, 1.165) is 25.4 Å². The van der Waals surface area contributed by atoms with E-state index >= 15 is 0 Å². The number of carbonyl (C=O) groups excluding carboxylic acids is 1. The number of quaternary nitrogens is 1. The van der Waals surface area contributed by atoms with Gasteiger partial charge in [-0.3, -0.25) is 4.79 Å². The van der Waals surface area contributed by atoms with E-state index in [2.05, 4.69) is 0 Å². The lowest BCUT2D eigenvalue weighted by atomic mass is 10.2. The summed E-state index contributed by atoms with van der Waals surface area (Å²) in [6, 6.07) is 13.5. The highest BCUT2D eigenvalue weighted by molar-refractivity contribution is 7.89. The SMILES string of the molecule is CC(=O)c1cccc(S(=O)(=O)N2CC[NH+](CCOc3ccc(Cl)cc3)CC2)c1. The van der Waals surface area contributed by atoms with Crippen LogP contribution < -0.4 is 9.64 Å². The highest BCUT2D eigenvalue weighted by Crippen LogP contribution is 2.18. The molecule has 0 radical (unpaired) electrons. The third-order valence-electron chi connectivity index (χ3n) is 4.85. The van der Waals surface area contributed by atoms with Crippen LogP contribution in [0.1, 0.15) is 17.3 Å². The van der Waals surface area contributed by atoms with Gasteiger partial charge in [-0.25, -0.2) is 8.42 Å². The maximum Gasteiger partial charge on any atom is 0.243 e. The number of carbonyl (C=O) groups is 1. The summed E-state index contributed by atoms with van der Waals surface area (Å²) in [5, 5.41) is 0.671. The fraction of sp³-hybridized carbons (Fsp3) is 0.350. The number of hydrogen-bond donors (Lipinski definition) is 1. The van der Waals surface area contributed by atoms with E-state index in [-0.39, 0.29) is 10.7 Å². The van der Waals surface area contributed by atoms with Crippen molar-refractivity contribution >= 4 is 27.4 Å². The molecule has 0 unspecified atom stereocenters. The van der Waals surface area contributed by atoms with Crippen molar-refractivity contribution in [2.24, 2.45) is 0 Å². The van der Waals surface area contributed by atoms with Crippen molar-refractivity contribution in [1.82, 2.24) is 4.31 Å². The normalized spacial score (nSPS) is 16.1. The first kappa shape index (κ1) is 20.8. The van der Waals surface area contributed by atoms with E-state index < -0.39 is 10.0 Å². The van der Waals surface area contributed by atoms with Gasteiger partial charge in [0.2, 0.25) is 10.0 Å². The molecular formula is C20H24ClN2O4S+. The molecule has 1 aliphatic heterocycles. The molecule has 0 bridgehead atoms. The molecule has 150 valence electrons. The number of Topliss-reactive ketones (excluding diaryl/α,β-unsaturated/α-hetero) is 1.